The molecule has 0 heterocycles. The quantitative estimate of drug-likeness (QED) is 0.902. The van der Waals surface area contributed by atoms with Gasteiger partial charge in [0.1, 0.15) is 0 Å². The van der Waals surface area contributed by atoms with Crippen LogP contribution in [0.25, 0.3) is 0 Å². The third kappa shape index (κ3) is 3.59. The zero-order chi connectivity index (χ0) is 15.5. The van der Waals surface area contributed by atoms with Crippen molar-refractivity contribution in [3.63, 3.8) is 0 Å². The Hall–Kier alpha value is -0.610. The molecule has 1 fully saturated rings. The van der Waals surface area contributed by atoms with Gasteiger partial charge in [0.15, 0.2) is 0 Å². The number of likely N-dealkylation sites (N-methyl/N-ethyl adjacent to an activating group) is 1. The highest BCUT2D eigenvalue weighted by Crippen LogP contribution is 2.38. The number of halogens is 1. The van der Waals surface area contributed by atoms with Gasteiger partial charge < -0.3 is 10.5 Å². The molecule has 0 radical (unpaired) electrons. The first-order valence-corrected chi connectivity index (χ1v) is 8.11. The zero-order valence-electron chi connectivity index (χ0n) is 13.3. The molecule has 4 heteroatoms. The summed E-state index contributed by atoms with van der Waals surface area (Å²) in [5.41, 5.74) is 7.48. The first-order chi connectivity index (χ1) is 10.0. The van der Waals surface area contributed by atoms with Gasteiger partial charge in [0.2, 0.25) is 0 Å². The second-order valence-corrected chi connectivity index (χ2v) is 6.66. The van der Waals surface area contributed by atoms with Crippen molar-refractivity contribution in [2.24, 2.45) is 5.73 Å². The van der Waals surface area contributed by atoms with Crippen molar-refractivity contribution in [1.82, 2.24) is 4.90 Å². The minimum Gasteiger partial charge on any atom is -0.381 e. The summed E-state index contributed by atoms with van der Waals surface area (Å²) in [7, 11) is 3.99. The predicted molar refractivity (Wildman–Crippen MR) is 88.7 cm³/mol. The summed E-state index contributed by atoms with van der Waals surface area (Å²) in [4.78, 5) is 2.43. The topological polar surface area (TPSA) is 38.5 Å². The van der Waals surface area contributed by atoms with E-state index in [0.29, 0.717) is 18.7 Å². The van der Waals surface area contributed by atoms with Gasteiger partial charge in [0.05, 0.1) is 6.10 Å². The molecule has 0 amide bonds. The number of methoxy groups -OCH3 is 1. The van der Waals surface area contributed by atoms with Crippen LogP contribution in [0.1, 0.15) is 44.2 Å². The lowest BCUT2D eigenvalue weighted by atomic mass is 9.78. The van der Waals surface area contributed by atoms with E-state index in [1.54, 1.807) is 7.11 Å². The molecule has 3 unspecified atom stereocenters. The molecule has 0 spiro atoms. The molecule has 1 aliphatic rings. The molecule has 2 N–H and O–H groups in total. The molecule has 1 aliphatic carbocycles. The van der Waals surface area contributed by atoms with Crippen LogP contribution in [0.15, 0.2) is 24.3 Å². The van der Waals surface area contributed by atoms with E-state index in [1.165, 1.54) is 12.0 Å². The molecule has 2 rings (SSSR count). The minimum absolute atomic E-state index is 0.0258. The molecule has 0 aromatic heterocycles. The fourth-order valence-corrected chi connectivity index (χ4v) is 3.64. The SMILES string of the molecule is COC1CCCC(CN)(N(C)C(C)c2ccc(Cl)cc2)C1. The van der Waals surface area contributed by atoms with E-state index >= 15 is 0 Å². The van der Waals surface area contributed by atoms with E-state index in [4.69, 9.17) is 22.1 Å². The summed E-state index contributed by atoms with van der Waals surface area (Å²) in [5, 5.41) is 0.777. The van der Waals surface area contributed by atoms with Crippen molar-refractivity contribution in [2.75, 3.05) is 20.7 Å². The van der Waals surface area contributed by atoms with Crippen LogP contribution in [-0.2, 0) is 4.74 Å². The maximum atomic E-state index is 6.18. The van der Waals surface area contributed by atoms with Gasteiger partial charge in [-0.3, -0.25) is 4.90 Å². The third-order valence-electron chi connectivity index (χ3n) is 5.17. The number of hydrogen-bond acceptors (Lipinski definition) is 3. The Labute approximate surface area is 133 Å². The van der Waals surface area contributed by atoms with Crippen molar-refractivity contribution in [2.45, 2.75) is 50.3 Å². The summed E-state index contributed by atoms with van der Waals surface area (Å²) in [6, 6.07) is 8.42. The van der Waals surface area contributed by atoms with Crippen molar-refractivity contribution in [1.29, 1.82) is 0 Å². The van der Waals surface area contributed by atoms with E-state index in [-0.39, 0.29) is 5.54 Å². The summed E-state index contributed by atoms with van der Waals surface area (Å²) < 4.78 is 5.60. The van der Waals surface area contributed by atoms with Crippen LogP contribution in [0, 0.1) is 0 Å². The molecule has 0 saturated heterocycles. The third-order valence-corrected chi connectivity index (χ3v) is 5.42. The minimum atomic E-state index is 0.0258. The van der Waals surface area contributed by atoms with Crippen LogP contribution in [-0.4, -0.2) is 37.2 Å². The molecule has 0 bridgehead atoms. The highest BCUT2D eigenvalue weighted by molar-refractivity contribution is 6.30. The van der Waals surface area contributed by atoms with Gasteiger partial charge in [-0.2, -0.15) is 0 Å². The number of nitrogens with two attached hydrogens (primary N) is 1. The Morgan fingerprint density at radius 3 is 2.67 bits per heavy atom. The number of benzene rings is 1. The number of nitrogens with zero attached hydrogens (tertiary/aromatic N) is 1. The van der Waals surface area contributed by atoms with Crippen molar-refractivity contribution < 1.29 is 4.74 Å². The summed E-state index contributed by atoms with van der Waals surface area (Å²) in [6.45, 7) is 2.90. The van der Waals surface area contributed by atoms with Gasteiger partial charge >= 0.3 is 0 Å². The molecule has 3 atom stereocenters. The van der Waals surface area contributed by atoms with Gasteiger partial charge in [-0.25, -0.2) is 0 Å². The number of hydrogen-bond donors (Lipinski definition) is 1. The lowest BCUT2D eigenvalue weighted by Gasteiger charge is -2.48. The predicted octanol–water partition coefficient (Wildman–Crippen LogP) is 3.62. The van der Waals surface area contributed by atoms with Crippen LogP contribution in [0.4, 0.5) is 0 Å². The molecule has 1 saturated carbocycles. The molecule has 1 aromatic carbocycles. The Bertz CT molecular complexity index is 451. The maximum Gasteiger partial charge on any atom is 0.0589 e. The van der Waals surface area contributed by atoms with E-state index in [1.807, 2.05) is 12.1 Å². The van der Waals surface area contributed by atoms with Crippen molar-refractivity contribution in [3.8, 4) is 0 Å². The first kappa shape index (κ1) is 16.8. The van der Waals surface area contributed by atoms with Crippen LogP contribution in [0.2, 0.25) is 5.02 Å². The van der Waals surface area contributed by atoms with E-state index < -0.39 is 0 Å². The second-order valence-electron chi connectivity index (χ2n) is 6.22. The van der Waals surface area contributed by atoms with Crippen LogP contribution >= 0.6 is 11.6 Å². The zero-order valence-corrected chi connectivity index (χ0v) is 14.1. The Kier molecular flexibility index (Phi) is 5.67. The molecular weight excluding hydrogens is 284 g/mol. The van der Waals surface area contributed by atoms with Gasteiger partial charge in [-0.15, -0.1) is 0 Å². The molecule has 118 valence electrons. The average molecular weight is 311 g/mol. The smallest absolute Gasteiger partial charge is 0.0589 e. The normalized spacial score (nSPS) is 27.8. The van der Waals surface area contributed by atoms with Crippen LogP contribution in [0.5, 0.6) is 0 Å². The largest absolute Gasteiger partial charge is 0.381 e. The highest BCUT2D eigenvalue weighted by Gasteiger charge is 2.40. The summed E-state index contributed by atoms with van der Waals surface area (Å²) >= 11 is 5.99. The lowest BCUT2D eigenvalue weighted by molar-refractivity contribution is -0.0258. The fraction of sp³-hybridized carbons (Fsp3) is 0.647. The van der Waals surface area contributed by atoms with Crippen molar-refractivity contribution in [3.05, 3.63) is 34.9 Å². The number of ether oxygens (including phenoxy) is 1. The first-order valence-electron chi connectivity index (χ1n) is 7.73. The Morgan fingerprint density at radius 2 is 2.10 bits per heavy atom. The molecule has 1 aromatic rings. The van der Waals surface area contributed by atoms with Gasteiger partial charge in [0.25, 0.3) is 0 Å². The van der Waals surface area contributed by atoms with E-state index in [2.05, 4.69) is 31.0 Å². The molecule has 21 heavy (non-hydrogen) atoms. The number of rotatable bonds is 5. The van der Waals surface area contributed by atoms with Crippen LogP contribution in [0.3, 0.4) is 0 Å². The van der Waals surface area contributed by atoms with Crippen LogP contribution < -0.4 is 5.73 Å². The van der Waals surface area contributed by atoms with E-state index in [9.17, 15) is 0 Å². The fourth-order valence-electron chi connectivity index (χ4n) is 3.51. The Morgan fingerprint density at radius 1 is 1.43 bits per heavy atom. The molecule has 0 aliphatic heterocycles. The van der Waals surface area contributed by atoms with E-state index in [0.717, 1.165) is 24.3 Å². The van der Waals surface area contributed by atoms with Gasteiger partial charge in [-0.05, 0) is 57.4 Å². The Balaban J connectivity index is 2.18. The highest BCUT2D eigenvalue weighted by atomic mass is 35.5. The molecular formula is C17H27ClN2O. The maximum absolute atomic E-state index is 6.18. The standard InChI is InChI=1S/C17H27ClN2O/c1-13(14-6-8-15(18)9-7-14)20(2)17(12-19)10-4-5-16(11-17)21-3/h6-9,13,16H,4-5,10-12,19H2,1-3H3. The van der Waals surface area contributed by atoms with Gasteiger partial charge in [0, 0.05) is 30.3 Å². The van der Waals surface area contributed by atoms with Crippen molar-refractivity contribution >= 4 is 11.6 Å². The van der Waals surface area contributed by atoms with Gasteiger partial charge in [-0.1, -0.05) is 23.7 Å². The average Bonchev–Trinajstić information content (AvgIpc) is 2.54. The summed E-state index contributed by atoms with van der Waals surface area (Å²) in [5.74, 6) is 0. The monoisotopic (exact) mass is 310 g/mol. The molecule has 3 nitrogen and oxygen atoms in total. The second kappa shape index (κ2) is 7.10. The summed E-state index contributed by atoms with van der Waals surface area (Å²) in [6.07, 6.45) is 4.78. The lowest BCUT2D eigenvalue weighted by Crippen LogP contribution is -2.56.